The van der Waals surface area contributed by atoms with Gasteiger partial charge in [-0.3, -0.25) is 0 Å². The summed E-state index contributed by atoms with van der Waals surface area (Å²) in [5.74, 6) is 1.54. The van der Waals surface area contributed by atoms with Gasteiger partial charge in [-0.25, -0.2) is 9.98 Å². The van der Waals surface area contributed by atoms with E-state index in [2.05, 4.69) is 15.3 Å². The van der Waals surface area contributed by atoms with Gasteiger partial charge in [0.25, 0.3) is 0 Å². The zero-order valence-corrected chi connectivity index (χ0v) is 13.4. The normalized spacial score (nSPS) is 12.5. The van der Waals surface area contributed by atoms with E-state index >= 15 is 0 Å². The van der Waals surface area contributed by atoms with E-state index in [9.17, 15) is 10.5 Å². The topological polar surface area (TPSA) is 93.6 Å². The van der Waals surface area contributed by atoms with Crippen LogP contribution in [-0.2, 0) is 0 Å². The highest BCUT2D eigenvalue weighted by Crippen LogP contribution is 2.22. The van der Waals surface area contributed by atoms with Crippen molar-refractivity contribution in [2.75, 3.05) is 12.4 Å². The Morgan fingerprint density at radius 2 is 1.64 bits per heavy atom. The Labute approximate surface area is 145 Å². The molecule has 0 fully saturated rings. The minimum absolute atomic E-state index is 0.0920. The van der Waals surface area contributed by atoms with Crippen LogP contribution >= 0.6 is 0 Å². The zero-order valence-electron chi connectivity index (χ0n) is 13.4. The van der Waals surface area contributed by atoms with E-state index in [1.165, 1.54) is 0 Å². The van der Waals surface area contributed by atoms with Crippen LogP contribution in [0.4, 0.5) is 5.69 Å². The maximum absolute atomic E-state index is 9.20. The molecular formula is C19H13N5O. The molecule has 0 amide bonds. The maximum Gasteiger partial charge on any atom is 0.162 e. The van der Waals surface area contributed by atoms with Gasteiger partial charge >= 0.3 is 0 Å². The fourth-order valence-corrected chi connectivity index (χ4v) is 2.26. The molecular weight excluding hydrogens is 314 g/mol. The Morgan fingerprint density at radius 1 is 0.960 bits per heavy atom. The molecule has 25 heavy (non-hydrogen) atoms. The second kappa shape index (κ2) is 7.12. The molecule has 1 heterocycles. The standard InChI is InChI=1S/C19H13N5O/c1-25-16-9-7-15(8-10-16)22-19-17(14(11-20)12-21)23-18(24-19)13-5-3-2-4-6-13/h2-10H,1H3,(H,22,23,24). The Hall–Kier alpha value is -3.90. The molecule has 0 bridgehead atoms. The lowest BCUT2D eigenvalue weighted by Gasteiger charge is -2.07. The predicted octanol–water partition coefficient (Wildman–Crippen LogP) is 3.27. The van der Waals surface area contributed by atoms with Gasteiger partial charge in [0.1, 0.15) is 23.6 Å². The monoisotopic (exact) mass is 327 g/mol. The molecule has 3 rings (SSSR count). The summed E-state index contributed by atoms with van der Waals surface area (Å²) < 4.78 is 5.13. The molecule has 6 heteroatoms. The molecule has 0 saturated carbocycles. The maximum atomic E-state index is 9.20. The number of nitrogens with zero attached hydrogens (tertiary/aromatic N) is 4. The number of hydrogen-bond donors (Lipinski definition) is 1. The first-order valence-electron chi connectivity index (χ1n) is 7.44. The largest absolute Gasteiger partial charge is 0.497 e. The Kier molecular flexibility index (Phi) is 4.55. The van der Waals surface area contributed by atoms with Gasteiger partial charge in [0, 0.05) is 11.3 Å². The number of aliphatic imine (C=N–C) groups is 2. The van der Waals surface area contributed by atoms with Gasteiger partial charge in [0.15, 0.2) is 17.2 Å². The molecule has 0 atom stereocenters. The summed E-state index contributed by atoms with van der Waals surface area (Å²) in [4.78, 5) is 8.83. The first-order valence-corrected chi connectivity index (χ1v) is 7.44. The van der Waals surface area contributed by atoms with Crippen molar-refractivity contribution in [3.63, 3.8) is 0 Å². The highest BCUT2D eigenvalue weighted by Gasteiger charge is 2.22. The molecule has 2 aromatic rings. The number of nitriles is 2. The number of hydrogen-bond acceptors (Lipinski definition) is 6. The van der Waals surface area contributed by atoms with Crippen molar-refractivity contribution >= 4 is 17.4 Å². The lowest BCUT2D eigenvalue weighted by atomic mass is 10.2. The molecule has 0 spiro atoms. The number of benzene rings is 2. The number of methoxy groups -OCH3 is 1. The minimum Gasteiger partial charge on any atom is -0.497 e. The van der Waals surface area contributed by atoms with Gasteiger partial charge in [-0.05, 0) is 24.3 Å². The summed E-state index contributed by atoms with van der Waals surface area (Å²) in [5.41, 5.74) is 1.70. The molecule has 0 unspecified atom stereocenters. The fraction of sp³-hybridized carbons (Fsp3) is 0.0526. The lowest BCUT2D eigenvalue weighted by molar-refractivity contribution is 0.415. The van der Waals surface area contributed by atoms with Gasteiger partial charge in [-0.1, -0.05) is 30.3 Å². The number of amidine groups is 2. The van der Waals surface area contributed by atoms with Crippen LogP contribution in [0, 0.1) is 22.7 Å². The third-order valence-electron chi connectivity index (χ3n) is 3.50. The number of anilines is 1. The Balaban J connectivity index is 1.99. The van der Waals surface area contributed by atoms with E-state index in [1.54, 1.807) is 19.2 Å². The molecule has 6 nitrogen and oxygen atoms in total. The fourth-order valence-electron chi connectivity index (χ4n) is 2.26. The molecule has 1 aliphatic heterocycles. The van der Waals surface area contributed by atoms with Crippen molar-refractivity contribution < 1.29 is 4.74 Å². The van der Waals surface area contributed by atoms with E-state index in [-0.39, 0.29) is 11.3 Å². The van der Waals surface area contributed by atoms with Crippen molar-refractivity contribution in [2.24, 2.45) is 9.98 Å². The zero-order chi connectivity index (χ0) is 17.6. The van der Waals surface area contributed by atoms with E-state index in [0.29, 0.717) is 11.7 Å². The minimum atomic E-state index is -0.0920. The van der Waals surface area contributed by atoms with Crippen LogP contribution in [0.15, 0.2) is 75.9 Å². The Bertz CT molecular complexity index is 942. The second-order valence-corrected chi connectivity index (χ2v) is 5.06. The van der Waals surface area contributed by atoms with E-state index in [1.807, 2.05) is 54.6 Å². The van der Waals surface area contributed by atoms with Gasteiger partial charge in [0.2, 0.25) is 0 Å². The lowest BCUT2D eigenvalue weighted by Crippen LogP contribution is -2.13. The Morgan fingerprint density at radius 3 is 2.24 bits per heavy atom. The van der Waals surface area contributed by atoms with Crippen LogP contribution < -0.4 is 10.1 Å². The summed E-state index contributed by atoms with van der Waals surface area (Å²) in [6.45, 7) is 0. The summed E-state index contributed by atoms with van der Waals surface area (Å²) in [5, 5.41) is 21.5. The van der Waals surface area contributed by atoms with Crippen LogP contribution in [0.2, 0.25) is 0 Å². The SMILES string of the molecule is COc1ccc(NC2=NC(c3ccccc3)=NC2=C(C#N)C#N)cc1. The number of allylic oxidation sites excluding steroid dienone is 1. The van der Waals surface area contributed by atoms with Crippen LogP contribution in [-0.4, -0.2) is 18.8 Å². The highest BCUT2D eigenvalue weighted by molar-refractivity contribution is 6.22. The van der Waals surface area contributed by atoms with Gasteiger partial charge in [-0.15, -0.1) is 0 Å². The van der Waals surface area contributed by atoms with Gasteiger partial charge in [0.05, 0.1) is 7.11 Å². The molecule has 1 aliphatic rings. The summed E-state index contributed by atoms with van der Waals surface area (Å²) in [7, 11) is 1.59. The van der Waals surface area contributed by atoms with Crippen LogP contribution in [0.5, 0.6) is 5.75 Å². The van der Waals surface area contributed by atoms with E-state index < -0.39 is 0 Å². The molecule has 0 saturated heterocycles. The number of rotatable bonds is 3. The average Bonchev–Trinajstić information content (AvgIpc) is 3.08. The first kappa shape index (κ1) is 16.0. The average molecular weight is 327 g/mol. The second-order valence-electron chi connectivity index (χ2n) is 5.06. The smallest absolute Gasteiger partial charge is 0.162 e. The van der Waals surface area contributed by atoms with Crippen molar-refractivity contribution in [3.8, 4) is 17.9 Å². The third-order valence-corrected chi connectivity index (χ3v) is 3.50. The van der Waals surface area contributed by atoms with Crippen molar-refractivity contribution in [3.05, 3.63) is 71.4 Å². The third kappa shape index (κ3) is 3.39. The van der Waals surface area contributed by atoms with Crippen LogP contribution in [0.25, 0.3) is 0 Å². The highest BCUT2D eigenvalue weighted by atomic mass is 16.5. The van der Waals surface area contributed by atoms with Gasteiger partial charge < -0.3 is 10.1 Å². The summed E-state index contributed by atoms with van der Waals surface area (Å²) in [6, 6.07) is 20.4. The quantitative estimate of drug-likeness (QED) is 0.875. The van der Waals surface area contributed by atoms with E-state index in [0.717, 1.165) is 17.0 Å². The van der Waals surface area contributed by atoms with Crippen molar-refractivity contribution in [2.45, 2.75) is 0 Å². The number of nitrogens with one attached hydrogen (secondary N) is 1. The van der Waals surface area contributed by atoms with Crippen molar-refractivity contribution in [1.82, 2.24) is 0 Å². The van der Waals surface area contributed by atoms with Crippen LogP contribution in [0.3, 0.4) is 0 Å². The molecule has 1 N–H and O–H groups in total. The van der Waals surface area contributed by atoms with Crippen LogP contribution in [0.1, 0.15) is 5.56 Å². The molecule has 0 aliphatic carbocycles. The molecule has 0 aromatic heterocycles. The first-order chi connectivity index (χ1) is 12.2. The molecule has 120 valence electrons. The molecule has 2 aromatic carbocycles. The molecule has 0 radical (unpaired) electrons. The van der Waals surface area contributed by atoms with E-state index in [4.69, 9.17) is 4.74 Å². The van der Waals surface area contributed by atoms with Crippen molar-refractivity contribution in [1.29, 1.82) is 10.5 Å². The predicted molar refractivity (Wildman–Crippen MR) is 95.3 cm³/mol. The summed E-state index contributed by atoms with van der Waals surface area (Å²) in [6.07, 6.45) is 0. The van der Waals surface area contributed by atoms with Gasteiger partial charge in [-0.2, -0.15) is 10.5 Å². The number of ether oxygens (including phenoxy) is 1. The summed E-state index contributed by atoms with van der Waals surface area (Å²) >= 11 is 0.